The average Bonchev–Trinajstić information content (AvgIpc) is 3.14. The Kier molecular flexibility index (Phi) is 6.41. The minimum Gasteiger partial charge on any atom is -0.456 e. The van der Waals surface area contributed by atoms with Crippen LogP contribution in [0, 0.1) is 0 Å². The van der Waals surface area contributed by atoms with Crippen LogP contribution in [0.25, 0.3) is 11.4 Å². The first-order chi connectivity index (χ1) is 13.0. The molecule has 8 nitrogen and oxygen atoms in total. The number of benzene rings is 1. The Labute approximate surface area is 161 Å². The number of carbonyl (C=O) groups is 2. The molecule has 1 aliphatic heterocycles. The number of halogens is 1. The van der Waals surface area contributed by atoms with Gasteiger partial charge in [-0.1, -0.05) is 16.8 Å². The Morgan fingerprint density at radius 2 is 2.11 bits per heavy atom. The third-order valence-electron chi connectivity index (χ3n) is 4.06. The minimum absolute atomic E-state index is 0.00855. The summed E-state index contributed by atoms with van der Waals surface area (Å²) in [7, 11) is 0. The van der Waals surface area contributed by atoms with Gasteiger partial charge in [0.25, 0.3) is 5.91 Å². The van der Waals surface area contributed by atoms with Crippen molar-refractivity contribution in [2.75, 3.05) is 26.3 Å². The van der Waals surface area contributed by atoms with Crippen LogP contribution in [-0.2, 0) is 25.5 Å². The maximum Gasteiger partial charge on any atom is 0.306 e. The van der Waals surface area contributed by atoms with Crippen LogP contribution in [-0.4, -0.2) is 59.3 Å². The monoisotopic (exact) mass is 393 g/mol. The Morgan fingerprint density at radius 1 is 1.33 bits per heavy atom. The van der Waals surface area contributed by atoms with E-state index >= 15 is 0 Å². The second-order valence-corrected chi connectivity index (χ2v) is 6.64. The van der Waals surface area contributed by atoms with Gasteiger partial charge in [0.05, 0.1) is 19.1 Å². The lowest BCUT2D eigenvalue weighted by Crippen LogP contribution is -2.46. The molecule has 2 aromatic rings. The topological polar surface area (TPSA) is 94.8 Å². The molecule has 0 radical (unpaired) electrons. The van der Waals surface area contributed by atoms with Gasteiger partial charge in [-0.3, -0.25) is 9.59 Å². The molecular weight excluding hydrogens is 374 g/mol. The lowest BCUT2D eigenvalue weighted by Gasteiger charge is -2.30. The minimum atomic E-state index is -0.490. The van der Waals surface area contributed by atoms with E-state index in [1.165, 1.54) is 0 Å². The quantitative estimate of drug-likeness (QED) is 0.693. The molecule has 0 saturated carbocycles. The summed E-state index contributed by atoms with van der Waals surface area (Å²) in [5.41, 5.74) is 0.766. The van der Waals surface area contributed by atoms with Crippen LogP contribution in [0.5, 0.6) is 0 Å². The van der Waals surface area contributed by atoms with Crippen molar-refractivity contribution in [1.82, 2.24) is 15.0 Å². The Hall–Kier alpha value is -2.45. The number of ether oxygens (including phenoxy) is 2. The molecule has 1 unspecified atom stereocenters. The lowest BCUT2D eigenvalue weighted by atomic mass is 10.2. The average molecular weight is 394 g/mol. The van der Waals surface area contributed by atoms with Crippen LogP contribution in [0.4, 0.5) is 0 Å². The maximum atomic E-state index is 12.0. The van der Waals surface area contributed by atoms with Gasteiger partial charge in [-0.2, -0.15) is 4.98 Å². The van der Waals surface area contributed by atoms with Gasteiger partial charge < -0.3 is 18.9 Å². The van der Waals surface area contributed by atoms with Crippen molar-refractivity contribution >= 4 is 23.5 Å². The Balaban J connectivity index is 1.43. The van der Waals surface area contributed by atoms with Crippen LogP contribution in [0.1, 0.15) is 19.2 Å². The summed E-state index contributed by atoms with van der Waals surface area (Å²) < 4.78 is 15.6. The third-order valence-corrected chi connectivity index (χ3v) is 4.32. The normalized spacial score (nSPS) is 17.0. The number of rotatable bonds is 6. The van der Waals surface area contributed by atoms with Crippen molar-refractivity contribution in [1.29, 1.82) is 0 Å². The number of esters is 1. The number of nitrogens with zero attached hydrogens (tertiary/aromatic N) is 3. The summed E-state index contributed by atoms with van der Waals surface area (Å²) in [5.74, 6) is 0.0362. The van der Waals surface area contributed by atoms with Gasteiger partial charge >= 0.3 is 5.97 Å². The van der Waals surface area contributed by atoms with Crippen molar-refractivity contribution in [2.24, 2.45) is 0 Å². The summed E-state index contributed by atoms with van der Waals surface area (Å²) >= 11 is 5.85. The highest BCUT2D eigenvalue weighted by Crippen LogP contribution is 2.19. The first-order valence-corrected chi connectivity index (χ1v) is 9.02. The molecule has 2 heterocycles. The molecule has 1 aliphatic rings. The smallest absolute Gasteiger partial charge is 0.306 e. The van der Waals surface area contributed by atoms with E-state index in [9.17, 15) is 9.59 Å². The molecule has 1 amide bonds. The van der Waals surface area contributed by atoms with E-state index in [-0.39, 0.29) is 31.5 Å². The van der Waals surface area contributed by atoms with Crippen LogP contribution in [0.15, 0.2) is 28.8 Å². The highest BCUT2D eigenvalue weighted by atomic mass is 35.5. The highest BCUT2D eigenvalue weighted by molar-refractivity contribution is 6.30. The van der Waals surface area contributed by atoms with E-state index in [0.29, 0.717) is 36.4 Å². The van der Waals surface area contributed by atoms with E-state index in [1.807, 2.05) is 6.92 Å². The number of carbonyl (C=O) groups excluding carboxylic acids is 2. The second kappa shape index (κ2) is 8.96. The fraction of sp³-hybridized carbons (Fsp3) is 0.444. The molecule has 0 bridgehead atoms. The van der Waals surface area contributed by atoms with Crippen LogP contribution in [0.2, 0.25) is 5.02 Å². The summed E-state index contributed by atoms with van der Waals surface area (Å²) in [6, 6.07) is 7.03. The van der Waals surface area contributed by atoms with Crippen molar-refractivity contribution in [3.63, 3.8) is 0 Å². The number of hydrogen-bond donors (Lipinski definition) is 0. The molecule has 1 aromatic heterocycles. The predicted molar refractivity (Wildman–Crippen MR) is 96.0 cm³/mol. The van der Waals surface area contributed by atoms with Gasteiger partial charge in [0.15, 0.2) is 6.61 Å². The molecule has 0 aliphatic carbocycles. The number of morpholine rings is 1. The van der Waals surface area contributed by atoms with Crippen molar-refractivity contribution < 1.29 is 23.6 Å². The molecule has 1 aromatic carbocycles. The van der Waals surface area contributed by atoms with Crippen LogP contribution < -0.4 is 0 Å². The van der Waals surface area contributed by atoms with Gasteiger partial charge in [-0.15, -0.1) is 0 Å². The number of amides is 1. The standard InChI is InChI=1S/C18H20ClN3O5/c1-12-10-22(8-9-25-12)16(23)11-26-17(24)7-6-15-20-18(21-27-15)13-2-4-14(19)5-3-13/h2-5,12H,6-11H2,1H3. The first kappa shape index (κ1) is 19.3. The van der Waals surface area contributed by atoms with Gasteiger partial charge in [-0.05, 0) is 31.2 Å². The zero-order valence-corrected chi connectivity index (χ0v) is 15.6. The SMILES string of the molecule is CC1CN(C(=O)COC(=O)CCc2nc(-c3ccc(Cl)cc3)no2)CCO1. The molecule has 3 rings (SSSR count). The summed E-state index contributed by atoms with van der Waals surface area (Å²) in [6.07, 6.45) is 0.280. The number of hydrogen-bond acceptors (Lipinski definition) is 7. The van der Waals surface area contributed by atoms with Crippen LogP contribution >= 0.6 is 11.6 Å². The van der Waals surface area contributed by atoms with Gasteiger partial charge in [0.1, 0.15) is 0 Å². The predicted octanol–water partition coefficient (Wildman–Crippen LogP) is 2.11. The van der Waals surface area contributed by atoms with E-state index in [2.05, 4.69) is 10.1 Å². The summed E-state index contributed by atoms with van der Waals surface area (Å²) in [4.78, 5) is 29.8. The molecule has 1 fully saturated rings. The van der Waals surface area contributed by atoms with E-state index < -0.39 is 5.97 Å². The van der Waals surface area contributed by atoms with Crippen molar-refractivity contribution in [2.45, 2.75) is 25.9 Å². The summed E-state index contributed by atoms with van der Waals surface area (Å²) in [6.45, 7) is 3.13. The molecule has 27 heavy (non-hydrogen) atoms. The Morgan fingerprint density at radius 3 is 2.85 bits per heavy atom. The highest BCUT2D eigenvalue weighted by Gasteiger charge is 2.22. The van der Waals surface area contributed by atoms with E-state index in [1.54, 1.807) is 29.2 Å². The molecule has 144 valence electrons. The molecule has 0 spiro atoms. The second-order valence-electron chi connectivity index (χ2n) is 6.20. The lowest BCUT2D eigenvalue weighted by molar-refractivity contribution is -0.154. The summed E-state index contributed by atoms with van der Waals surface area (Å²) in [5, 5.41) is 4.50. The van der Waals surface area contributed by atoms with Crippen molar-refractivity contribution in [3.05, 3.63) is 35.2 Å². The fourth-order valence-corrected chi connectivity index (χ4v) is 2.76. The zero-order chi connectivity index (χ0) is 19.2. The Bertz CT molecular complexity index is 793. The molecule has 1 atom stereocenters. The van der Waals surface area contributed by atoms with Gasteiger partial charge in [-0.25, -0.2) is 0 Å². The zero-order valence-electron chi connectivity index (χ0n) is 14.9. The molecular formula is C18H20ClN3O5. The first-order valence-electron chi connectivity index (χ1n) is 8.65. The van der Waals surface area contributed by atoms with Gasteiger partial charge in [0.2, 0.25) is 11.7 Å². The van der Waals surface area contributed by atoms with E-state index in [4.69, 9.17) is 25.6 Å². The largest absolute Gasteiger partial charge is 0.456 e. The third kappa shape index (κ3) is 5.51. The molecule has 9 heteroatoms. The molecule has 0 N–H and O–H groups in total. The maximum absolute atomic E-state index is 12.0. The van der Waals surface area contributed by atoms with Crippen molar-refractivity contribution in [3.8, 4) is 11.4 Å². The van der Waals surface area contributed by atoms with Crippen LogP contribution in [0.3, 0.4) is 0 Å². The molecule has 1 saturated heterocycles. The van der Waals surface area contributed by atoms with Gasteiger partial charge in [0, 0.05) is 30.1 Å². The number of aromatic nitrogens is 2. The van der Waals surface area contributed by atoms with E-state index in [0.717, 1.165) is 5.56 Å². The number of aryl methyl sites for hydroxylation is 1. The fourth-order valence-electron chi connectivity index (χ4n) is 2.63.